The van der Waals surface area contributed by atoms with E-state index in [2.05, 4.69) is 6.58 Å². The molecule has 0 spiro atoms. The highest BCUT2D eigenvalue weighted by Gasteiger charge is 2.63. The minimum atomic E-state index is -0.408. The van der Waals surface area contributed by atoms with Crippen molar-refractivity contribution in [2.75, 3.05) is 0 Å². The maximum Gasteiger partial charge on any atom is 0.349 e. The van der Waals surface area contributed by atoms with E-state index >= 15 is 0 Å². The Hall–Kier alpha value is -0.500. The van der Waals surface area contributed by atoms with Crippen LogP contribution in [-0.2, 0) is 9.53 Å². The van der Waals surface area contributed by atoms with Crippen molar-refractivity contribution >= 4 is 17.6 Å². The van der Waals surface area contributed by atoms with Crippen molar-refractivity contribution in [1.82, 2.24) is 0 Å². The first-order valence-corrected chi connectivity index (χ1v) is 7.58. The molecule has 4 bridgehead atoms. The summed E-state index contributed by atoms with van der Waals surface area (Å²) in [5.41, 5.74) is 0. The van der Waals surface area contributed by atoms with Gasteiger partial charge in [0.15, 0.2) is 0 Å². The smallest absolute Gasteiger partial charge is 0.349 e. The lowest BCUT2D eigenvalue weighted by atomic mass is 9.70. The quantitative estimate of drug-likeness (QED) is 0.435. The van der Waals surface area contributed by atoms with Crippen LogP contribution in [0.4, 0.5) is 0 Å². The van der Waals surface area contributed by atoms with Crippen molar-refractivity contribution in [3.05, 3.63) is 11.6 Å². The van der Waals surface area contributed by atoms with Gasteiger partial charge >= 0.3 is 5.97 Å². The maximum absolute atomic E-state index is 11.6. The third-order valence-corrected chi connectivity index (χ3v) is 6.31. The molecule has 0 aromatic rings. The molecule has 7 unspecified atom stereocenters. The van der Waals surface area contributed by atoms with Crippen LogP contribution in [0.2, 0.25) is 0 Å². The summed E-state index contributed by atoms with van der Waals surface area (Å²) in [5, 5.41) is 0.0160. The Morgan fingerprint density at radius 1 is 1.06 bits per heavy atom. The molecular weight excluding hydrogens is 248 g/mol. The van der Waals surface area contributed by atoms with Crippen LogP contribution in [-0.4, -0.2) is 12.1 Å². The van der Waals surface area contributed by atoms with Gasteiger partial charge in [-0.25, -0.2) is 4.79 Å². The fraction of sp³-hybridized carbons (Fsp3) is 0.800. The van der Waals surface area contributed by atoms with Gasteiger partial charge in [-0.3, -0.25) is 0 Å². The zero-order valence-electron chi connectivity index (χ0n) is 10.5. The number of carbonyl (C=O) groups excluding carboxylic acids is 1. The molecule has 0 aromatic heterocycles. The minimum absolute atomic E-state index is 0.0160. The summed E-state index contributed by atoms with van der Waals surface area (Å²) in [4.78, 5) is 11.6. The molecule has 0 amide bonds. The lowest BCUT2D eigenvalue weighted by Gasteiger charge is -2.38. The maximum atomic E-state index is 11.6. The molecule has 98 valence electrons. The highest BCUT2D eigenvalue weighted by Crippen LogP contribution is 2.67. The zero-order valence-corrected chi connectivity index (χ0v) is 11.2. The van der Waals surface area contributed by atoms with E-state index in [9.17, 15) is 4.79 Å². The standard InChI is InChI=1S/C15H19ClO2/c1-7(16)15(17)18-12-6-10-5-11(12)14-9-3-2-8(4-9)13(10)14/h8-14H,1-6H2. The van der Waals surface area contributed by atoms with Gasteiger partial charge in [0.1, 0.15) is 11.1 Å². The number of esters is 1. The molecule has 4 fully saturated rings. The average Bonchev–Trinajstić information content (AvgIpc) is 3.06. The van der Waals surface area contributed by atoms with E-state index in [1.54, 1.807) is 0 Å². The van der Waals surface area contributed by atoms with E-state index in [1.165, 1.54) is 25.7 Å². The molecule has 4 aliphatic rings. The first-order valence-electron chi connectivity index (χ1n) is 7.20. The van der Waals surface area contributed by atoms with Crippen LogP contribution >= 0.6 is 11.6 Å². The fourth-order valence-electron chi connectivity index (χ4n) is 5.84. The van der Waals surface area contributed by atoms with Crippen molar-refractivity contribution < 1.29 is 9.53 Å². The topological polar surface area (TPSA) is 26.3 Å². The zero-order chi connectivity index (χ0) is 12.4. The van der Waals surface area contributed by atoms with Crippen LogP contribution in [0.25, 0.3) is 0 Å². The van der Waals surface area contributed by atoms with Crippen molar-refractivity contribution in [3.8, 4) is 0 Å². The number of rotatable bonds is 2. The van der Waals surface area contributed by atoms with E-state index in [4.69, 9.17) is 16.3 Å². The van der Waals surface area contributed by atoms with E-state index in [0.717, 1.165) is 36.0 Å². The van der Waals surface area contributed by atoms with Crippen LogP contribution < -0.4 is 0 Å². The van der Waals surface area contributed by atoms with Gasteiger partial charge in [-0.05, 0) is 67.6 Å². The molecular formula is C15H19ClO2. The Kier molecular flexibility index (Phi) is 2.36. The van der Waals surface area contributed by atoms with Crippen LogP contribution in [0.3, 0.4) is 0 Å². The highest BCUT2D eigenvalue weighted by molar-refractivity contribution is 6.40. The molecule has 0 aromatic carbocycles. The van der Waals surface area contributed by atoms with Gasteiger partial charge in [0, 0.05) is 0 Å². The Morgan fingerprint density at radius 2 is 1.78 bits per heavy atom. The average molecular weight is 267 g/mol. The van der Waals surface area contributed by atoms with Gasteiger partial charge in [0.2, 0.25) is 0 Å². The van der Waals surface area contributed by atoms with Gasteiger partial charge in [0.05, 0.1) is 0 Å². The lowest BCUT2D eigenvalue weighted by Crippen LogP contribution is -2.37. The van der Waals surface area contributed by atoms with Crippen LogP contribution in [0.5, 0.6) is 0 Å². The predicted molar refractivity (Wildman–Crippen MR) is 68.9 cm³/mol. The first-order chi connectivity index (χ1) is 8.65. The Morgan fingerprint density at radius 3 is 2.50 bits per heavy atom. The Bertz CT molecular complexity index is 419. The highest BCUT2D eigenvalue weighted by atomic mass is 35.5. The van der Waals surface area contributed by atoms with Crippen molar-refractivity contribution in [2.45, 2.75) is 38.2 Å². The van der Waals surface area contributed by atoms with Gasteiger partial charge in [-0.1, -0.05) is 18.2 Å². The predicted octanol–water partition coefficient (Wildman–Crippen LogP) is 3.35. The summed E-state index contributed by atoms with van der Waals surface area (Å²) < 4.78 is 5.55. The number of carbonyl (C=O) groups is 1. The second kappa shape index (κ2) is 3.75. The molecule has 0 N–H and O–H groups in total. The van der Waals surface area contributed by atoms with Gasteiger partial charge in [0.25, 0.3) is 0 Å². The summed E-state index contributed by atoms with van der Waals surface area (Å²) in [6, 6.07) is 0. The van der Waals surface area contributed by atoms with Crippen molar-refractivity contribution in [1.29, 1.82) is 0 Å². The molecule has 4 saturated carbocycles. The molecule has 7 atom stereocenters. The van der Waals surface area contributed by atoms with E-state index in [1.807, 2.05) is 0 Å². The van der Waals surface area contributed by atoms with Gasteiger partial charge in [-0.15, -0.1) is 0 Å². The number of hydrogen-bond donors (Lipinski definition) is 0. The summed E-state index contributed by atoms with van der Waals surface area (Å²) in [6.45, 7) is 3.45. The summed E-state index contributed by atoms with van der Waals surface area (Å²) in [5.74, 6) is 4.76. The lowest BCUT2D eigenvalue weighted by molar-refractivity contribution is -0.148. The molecule has 2 nitrogen and oxygen atoms in total. The molecule has 0 radical (unpaired) electrons. The third-order valence-electron chi connectivity index (χ3n) is 6.15. The molecule has 4 aliphatic carbocycles. The molecule has 4 rings (SSSR count). The summed E-state index contributed by atoms with van der Waals surface area (Å²) >= 11 is 5.61. The monoisotopic (exact) mass is 266 g/mol. The molecule has 0 saturated heterocycles. The third kappa shape index (κ3) is 1.39. The number of fused-ring (bicyclic) bond motifs is 9. The van der Waals surface area contributed by atoms with Gasteiger partial charge in [-0.2, -0.15) is 0 Å². The second-order valence-corrected chi connectivity index (χ2v) is 7.19. The normalized spacial score (nSPS) is 51.5. The number of hydrogen-bond acceptors (Lipinski definition) is 2. The Balaban J connectivity index is 1.52. The summed E-state index contributed by atoms with van der Waals surface area (Å²) in [6.07, 6.45) is 6.81. The van der Waals surface area contributed by atoms with E-state index < -0.39 is 5.97 Å². The number of halogens is 1. The Labute approximate surface area is 113 Å². The van der Waals surface area contributed by atoms with Crippen LogP contribution in [0.15, 0.2) is 11.6 Å². The molecule has 0 aliphatic heterocycles. The van der Waals surface area contributed by atoms with Crippen molar-refractivity contribution in [2.24, 2.45) is 35.5 Å². The number of ether oxygens (including phenoxy) is 1. The van der Waals surface area contributed by atoms with Crippen molar-refractivity contribution in [3.63, 3.8) is 0 Å². The van der Waals surface area contributed by atoms with E-state index in [0.29, 0.717) is 5.92 Å². The largest absolute Gasteiger partial charge is 0.458 e. The molecule has 18 heavy (non-hydrogen) atoms. The fourth-order valence-corrected chi connectivity index (χ4v) is 5.89. The molecule has 3 heteroatoms. The SMILES string of the molecule is C=C(Cl)C(=O)OC1CC2CC1C1C3CCC(C3)C21. The van der Waals surface area contributed by atoms with Crippen LogP contribution in [0, 0.1) is 35.5 Å². The van der Waals surface area contributed by atoms with E-state index in [-0.39, 0.29) is 11.1 Å². The second-order valence-electron chi connectivity index (χ2n) is 6.73. The van der Waals surface area contributed by atoms with Crippen LogP contribution in [0.1, 0.15) is 32.1 Å². The first kappa shape index (κ1) is 11.3. The van der Waals surface area contributed by atoms with Gasteiger partial charge < -0.3 is 4.74 Å². The summed E-state index contributed by atoms with van der Waals surface area (Å²) in [7, 11) is 0. The minimum Gasteiger partial charge on any atom is -0.458 e. The molecule has 0 heterocycles.